The number of nitro groups is 1. The molecule has 168 valence electrons. The Hall–Kier alpha value is -4.70. The average Bonchev–Trinajstić information content (AvgIpc) is 3.20. The van der Waals surface area contributed by atoms with Crippen molar-refractivity contribution in [3.05, 3.63) is 117 Å². The molecule has 0 aliphatic carbocycles. The third-order valence-corrected chi connectivity index (χ3v) is 5.63. The lowest BCUT2D eigenvalue weighted by molar-refractivity contribution is -0.384. The molecule has 1 aromatic heterocycles. The Labute approximate surface area is 196 Å². The number of nitrogens with zero attached hydrogens (tertiary/aromatic N) is 3. The fourth-order valence-corrected chi connectivity index (χ4v) is 3.84. The first kappa shape index (κ1) is 22.5. The summed E-state index contributed by atoms with van der Waals surface area (Å²) >= 11 is 0. The van der Waals surface area contributed by atoms with E-state index in [1.807, 2.05) is 78.4 Å². The van der Waals surface area contributed by atoms with Crippen LogP contribution in [0.2, 0.25) is 0 Å². The van der Waals surface area contributed by atoms with Crippen LogP contribution in [0.25, 0.3) is 17.0 Å². The van der Waals surface area contributed by atoms with E-state index in [0.717, 1.165) is 27.6 Å². The first-order valence-electron chi connectivity index (χ1n) is 10.7. The van der Waals surface area contributed by atoms with E-state index >= 15 is 0 Å². The summed E-state index contributed by atoms with van der Waals surface area (Å²) in [6, 6.07) is 25.5. The molecule has 0 fully saturated rings. The highest BCUT2D eigenvalue weighted by molar-refractivity contribution is 6.04. The SMILES string of the molecule is C[C@H](NC(=O)/C(C#N)=C\c1cn(Cc2ccc([N+](=O)[O-])cc2)c2ccccc12)c1ccccc1. The van der Waals surface area contributed by atoms with E-state index in [0.29, 0.717) is 6.54 Å². The van der Waals surface area contributed by atoms with Crippen molar-refractivity contribution in [1.82, 2.24) is 9.88 Å². The molecule has 1 N–H and O–H groups in total. The van der Waals surface area contributed by atoms with E-state index in [4.69, 9.17) is 0 Å². The van der Waals surface area contributed by atoms with Gasteiger partial charge in [0.15, 0.2) is 0 Å². The summed E-state index contributed by atoms with van der Waals surface area (Å²) < 4.78 is 2.00. The number of hydrogen-bond acceptors (Lipinski definition) is 4. The number of carbonyl (C=O) groups is 1. The summed E-state index contributed by atoms with van der Waals surface area (Å²) in [6.45, 7) is 2.36. The number of aromatic nitrogens is 1. The first-order valence-corrected chi connectivity index (χ1v) is 10.7. The number of carbonyl (C=O) groups excluding carboxylic acids is 1. The van der Waals surface area contributed by atoms with Crippen LogP contribution in [-0.4, -0.2) is 15.4 Å². The Morgan fingerprint density at radius 3 is 2.44 bits per heavy atom. The number of benzene rings is 3. The lowest BCUT2D eigenvalue weighted by atomic mass is 10.1. The largest absolute Gasteiger partial charge is 0.345 e. The van der Waals surface area contributed by atoms with Gasteiger partial charge in [-0.15, -0.1) is 0 Å². The number of para-hydroxylation sites is 1. The zero-order chi connectivity index (χ0) is 24.1. The van der Waals surface area contributed by atoms with Crippen LogP contribution in [0.1, 0.15) is 29.7 Å². The lowest BCUT2D eigenvalue weighted by Gasteiger charge is -2.13. The molecule has 3 aromatic carbocycles. The van der Waals surface area contributed by atoms with Crippen LogP contribution < -0.4 is 5.32 Å². The maximum Gasteiger partial charge on any atom is 0.269 e. The number of hydrogen-bond donors (Lipinski definition) is 1. The molecule has 4 aromatic rings. The maximum atomic E-state index is 12.8. The Morgan fingerprint density at radius 2 is 1.76 bits per heavy atom. The van der Waals surface area contributed by atoms with Gasteiger partial charge >= 0.3 is 0 Å². The number of rotatable bonds is 7. The number of non-ortho nitro benzene ring substituents is 1. The molecule has 0 aliphatic rings. The van der Waals surface area contributed by atoms with Crippen molar-refractivity contribution in [3.8, 4) is 6.07 Å². The zero-order valence-electron chi connectivity index (χ0n) is 18.5. The van der Waals surface area contributed by atoms with Gasteiger partial charge in [0.25, 0.3) is 11.6 Å². The standard InChI is InChI=1S/C27H22N4O3/c1-19(21-7-3-2-4-8-21)29-27(32)22(16-28)15-23-18-30(26-10-6-5-9-25(23)26)17-20-11-13-24(14-12-20)31(33)34/h2-15,18-19H,17H2,1H3,(H,29,32)/b22-15-/t19-/m0/s1. The minimum atomic E-state index is -0.439. The molecule has 1 heterocycles. The monoisotopic (exact) mass is 450 g/mol. The van der Waals surface area contributed by atoms with Gasteiger partial charge in [0, 0.05) is 41.3 Å². The first-order chi connectivity index (χ1) is 16.5. The van der Waals surface area contributed by atoms with Gasteiger partial charge in [0.05, 0.1) is 11.0 Å². The molecule has 0 unspecified atom stereocenters. The quantitative estimate of drug-likeness (QED) is 0.177. The van der Waals surface area contributed by atoms with Gasteiger partial charge in [-0.25, -0.2) is 0 Å². The van der Waals surface area contributed by atoms with Gasteiger partial charge in [-0.3, -0.25) is 14.9 Å². The molecule has 1 atom stereocenters. The molecule has 7 heteroatoms. The summed E-state index contributed by atoms with van der Waals surface area (Å²) in [4.78, 5) is 23.3. The van der Waals surface area contributed by atoms with Gasteiger partial charge in [-0.2, -0.15) is 5.26 Å². The molecule has 0 aliphatic heterocycles. The van der Waals surface area contributed by atoms with Crippen LogP contribution in [-0.2, 0) is 11.3 Å². The van der Waals surface area contributed by atoms with E-state index in [-0.39, 0.29) is 17.3 Å². The molecule has 0 saturated heterocycles. The van der Waals surface area contributed by atoms with Crippen LogP contribution in [0.15, 0.2) is 90.6 Å². The smallest absolute Gasteiger partial charge is 0.269 e. The summed E-state index contributed by atoms with van der Waals surface area (Å²) in [5.74, 6) is -0.439. The van der Waals surface area contributed by atoms with Crippen molar-refractivity contribution >= 4 is 28.6 Å². The van der Waals surface area contributed by atoms with Crippen LogP contribution in [0.4, 0.5) is 5.69 Å². The second-order valence-corrected chi connectivity index (χ2v) is 7.93. The van der Waals surface area contributed by atoms with E-state index in [9.17, 15) is 20.2 Å². The molecule has 0 radical (unpaired) electrons. The second-order valence-electron chi connectivity index (χ2n) is 7.93. The molecule has 0 spiro atoms. The van der Waals surface area contributed by atoms with Crippen molar-refractivity contribution in [1.29, 1.82) is 5.26 Å². The normalized spacial score (nSPS) is 12.2. The van der Waals surface area contributed by atoms with Gasteiger partial charge in [-0.1, -0.05) is 60.7 Å². The molecule has 7 nitrogen and oxygen atoms in total. The highest BCUT2D eigenvalue weighted by atomic mass is 16.6. The highest BCUT2D eigenvalue weighted by Gasteiger charge is 2.16. The Kier molecular flexibility index (Phi) is 6.51. The van der Waals surface area contributed by atoms with Crippen molar-refractivity contribution in [2.75, 3.05) is 0 Å². The van der Waals surface area contributed by atoms with Gasteiger partial charge < -0.3 is 9.88 Å². The topological polar surface area (TPSA) is 101 Å². The number of nitriles is 1. The number of nitrogens with one attached hydrogen (secondary N) is 1. The summed E-state index contributed by atoms with van der Waals surface area (Å²) in [7, 11) is 0. The van der Waals surface area contributed by atoms with Crippen molar-refractivity contribution in [3.63, 3.8) is 0 Å². The van der Waals surface area contributed by atoms with E-state index in [1.165, 1.54) is 12.1 Å². The van der Waals surface area contributed by atoms with E-state index < -0.39 is 10.8 Å². The highest BCUT2D eigenvalue weighted by Crippen LogP contribution is 2.25. The molecular weight excluding hydrogens is 428 g/mol. The van der Waals surface area contributed by atoms with Crippen LogP contribution in [0.5, 0.6) is 0 Å². The van der Waals surface area contributed by atoms with Crippen molar-refractivity contribution < 1.29 is 9.72 Å². The number of nitro benzene ring substituents is 1. The molecule has 1 amide bonds. The summed E-state index contributed by atoms with van der Waals surface area (Å²) in [5.41, 5.74) is 3.59. The minimum absolute atomic E-state index is 0.0148. The van der Waals surface area contributed by atoms with Gasteiger partial charge in [-0.05, 0) is 30.2 Å². The fourth-order valence-electron chi connectivity index (χ4n) is 3.84. The van der Waals surface area contributed by atoms with E-state index in [2.05, 4.69) is 5.32 Å². The van der Waals surface area contributed by atoms with E-state index in [1.54, 1.807) is 18.2 Å². The predicted molar refractivity (Wildman–Crippen MR) is 131 cm³/mol. The molecule has 4 rings (SSSR count). The third-order valence-electron chi connectivity index (χ3n) is 5.63. The number of amides is 1. The van der Waals surface area contributed by atoms with Crippen LogP contribution in [0.3, 0.4) is 0 Å². The molecular formula is C27H22N4O3. The van der Waals surface area contributed by atoms with Crippen molar-refractivity contribution in [2.45, 2.75) is 19.5 Å². The summed E-state index contributed by atoms with van der Waals surface area (Å²) in [6.07, 6.45) is 3.49. The molecule has 34 heavy (non-hydrogen) atoms. The minimum Gasteiger partial charge on any atom is -0.345 e. The third kappa shape index (κ3) is 4.87. The lowest BCUT2D eigenvalue weighted by Crippen LogP contribution is -2.27. The Morgan fingerprint density at radius 1 is 1.09 bits per heavy atom. The molecule has 0 bridgehead atoms. The Balaban J connectivity index is 1.62. The van der Waals surface area contributed by atoms with Gasteiger partial charge in [0.2, 0.25) is 0 Å². The van der Waals surface area contributed by atoms with Crippen LogP contribution >= 0.6 is 0 Å². The van der Waals surface area contributed by atoms with Crippen molar-refractivity contribution in [2.24, 2.45) is 0 Å². The van der Waals surface area contributed by atoms with Crippen LogP contribution in [0, 0.1) is 21.4 Å². The second kappa shape index (κ2) is 9.84. The fraction of sp³-hybridized carbons (Fsp3) is 0.111. The summed E-state index contributed by atoms with van der Waals surface area (Å²) in [5, 5.41) is 24.4. The van der Waals surface area contributed by atoms with Gasteiger partial charge in [0.1, 0.15) is 11.6 Å². The zero-order valence-corrected chi connectivity index (χ0v) is 18.5. The Bertz CT molecular complexity index is 1410. The predicted octanol–water partition coefficient (Wildman–Crippen LogP) is 5.38. The maximum absolute atomic E-state index is 12.8. The average molecular weight is 450 g/mol. The number of fused-ring (bicyclic) bond motifs is 1. The molecule has 0 saturated carbocycles.